The van der Waals surface area contributed by atoms with Crippen molar-refractivity contribution in [1.29, 1.82) is 0 Å². The van der Waals surface area contributed by atoms with Crippen molar-refractivity contribution in [2.75, 3.05) is 6.54 Å². The molecule has 1 rings (SSSR count). The van der Waals surface area contributed by atoms with Crippen LogP contribution in [-0.4, -0.2) is 24.9 Å². The van der Waals surface area contributed by atoms with E-state index in [1.54, 1.807) is 6.92 Å². The van der Waals surface area contributed by atoms with Gasteiger partial charge < -0.3 is 15.8 Å². The molecule has 1 aromatic carbocycles. The van der Waals surface area contributed by atoms with E-state index < -0.39 is 18.3 Å². The number of nitrogens with two attached hydrogens (primary N) is 1. The monoisotopic (exact) mass is 254 g/mol. The number of halogens is 1. The highest BCUT2D eigenvalue weighted by molar-refractivity contribution is 5.67. The minimum Gasteiger partial charge on any atom is -0.445 e. The molecule has 2 atom stereocenters. The molecule has 5 heteroatoms. The molecular formula is C13H19FN2O2. The Morgan fingerprint density at radius 2 is 2.11 bits per heavy atom. The number of ether oxygens (including phenoxy) is 1. The number of amides is 1. The molecule has 1 amide bonds. The quantitative estimate of drug-likeness (QED) is 0.816. The molecule has 0 aliphatic heterocycles. The van der Waals surface area contributed by atoms with Crippen LogP contribution in [0.15, 0.2) is 30.3 Å². The molecule has 0 aliphatic rings. The van der Waals surface area contributed by atoms with Crippen LogP contribution in [0.5, 0.6) is 0 Å². The molecule has 0 aromatic heterocycles. The van der Waals surface area contributed by atoms with Gasteiger partial charge in [0.1, 0.15) is 12.8 Å². The Balaban J connectivity index is 2.37. The van der Waals surface area contributed by atoms with Crippen molar-refractivity contribution < 1.29 is 13.9 Å². The Hall–Kier alpha value is -1.62. The Morgan fingerprint density at radius 1 is 1.44 bits per heavy atom. The van der Waals surface area contributed by atoms with Gasteiger partial charge in [-0.25, -0.2) is 9.18 Å². The van der Waals surface area contributed by atoms with Crippen molar-refractivity contribution in [1.82, 2.24) is 5.32 Å². The van der Waals surface area contributed by atoms with E-state index in [1.165, 1.54) is 0 Å². The van der Waals surface area contributed by atoms with Crippen molar-refractivity contribution in [3.05, 3.63) is 35.9 Å². The summed E-state index contributed by atoms with van der Waals surface area (Å²) >= 11 is 0. The van der Waals surface area contributed by atoms with Gasteiger partial charge in [0.2, 0.25) is 0 Å². The summed E-state index contributed by atoms with van der Waals surface area (Å²) in [5, 5.41) is 2.43. The maximum atomic E-state index is 13.4. The van der Waals surface area contributed by atoms with Crippen molar-refractivity contribution >= 4 is 6.09 Å². The molecule has 0 heterocycles. The zero-order valence-corrected chi connectivity index (χ0v) is 10.4. The summed E-state index contributed by atoms with van der Waals surface area (Å²) in [6.07, 6.45) is -1.49. The predicted octanol–water partition coefficient (Wildman–Crippen LogP) is 1.99. The van der Waals surface area contributed by atoms with Gasteiger partial charge >= 0.3 is 6.09 Å². The van der Waals surface area contributed by atoms with E-state index in [2.05, 4.69) is 5.32 Å². The lowest BCUT2D eigenvalue weighted by atomic mass is 10.1. The summed E-state index contributed by atoms with van der Waals surface area (Å²) < 4.78 is 18.4. The van der Waals surface area contributed by atoms with Crippen molar-refractivity contribution in [2.45, 2.75) is 32.2 Å². The van der Waals surface area contributed by atoms with E-state index in [0.717, 1.165) is 5.56 Å². The number of alkyl carbamates (subject to hydrolysis) is 1. The molecule has 4 nitrogen and oxygen atoms in total. The van der Waals surface area contributed by atoms with E-state index in [0.29, 0.717) is 6.42 Å². The third-order valence-corrected chi connectivity index (χ3v) is 2.60. The highest BCUT2D eigenvalue weighted by Gasteiger charge is 2.20. The normalized spacial score (nSPS) is 13.7. The molecule has 0 saturated carbocycles. The highest BCUT2D eigenvalue weighted by Crippen LogP contribution is 2.04. The molecule has 0 bridgehead atoms. The van der Waals surface area contributed by atoms with Gasteiger partial charge in [-0.3, -0.25) is 0 Å². The minimum atomic E-state index is -1.15. The molecule has 0 saturated heterocycles. The first-order chi connectivity index (χ1) is 8.67. The molecule has 0 spiro atoms. The molecule has 0 aliphatic carbocycles. The number of benzene rings is 1. The second-order valence-electron chi connectivity index (χ2n) is 3.97. The van der Waals surface area contributed by atoms with E-state index in [4.69, 9.17) is 10.5 Å². The van der Waals surface area contributed by atoms with E-state index in [9.17, 15) is 9.18 Å². The number of hydrogen-bond acceptors (Lipinski definition) is 3. The van der Waals surface area contributed by atoms with Gasteiger partial charge in [0, 0.05) is 6.54 Å². The highest BCUT2D eigenvalue weighted by atomic mass is 19.1. The summed E-state index contributed by atoms with van der Waals surface area (Å²) in [6, 6.07) is 8.58. The Morgan fingerprint density at radius 3 is 2.67 bits per heavy atom. The van der Waals surface area contributed by atoms with Gasteiger partial charge in [0.05, 0.1) is 6.04 Å². The summed E-state index contributed by atoms with van der Waals surface area (Å²) in [4.78, 5) is 11.5. The van der Waals surface area contributed by atoms with Gasteiger partial charge in [-0.2, -0.15) is 0 Å². The molecule has 0 fully saturated rings. The minimum absolute atomic E-state index is 0.0510. The van der Waals surface area contributed by atoms with Crippen LogP contribution in [0.1, 0.15) is 18.9 Å². The van der Waals surface area contributed by atoms with Crippen molar-refractivity contribution in [3.63, 3.8) is 0 Å². The third kappa shape index (κ3) is 4.71. The SMILES string of the molecule is CC[C@H](F)[C@@H](CN)NC(=O)OCc1ccccc1. The van der Waals surface area contributed by atoms with Crippen molar-refractivity contribution in [3.8, 4) is 0 Å². The molecule has 0 radical (unpaired) electrons. The van der Waals surface area contributed by atoms with Gasteiger partial charge in [-0.05, 0) is 12.0 Å². The lowest BCUT2D eigenvalue weighted by Gasteiger charge is -2.19. The fourth-order valence-electron chi connectivity index (χ4n) is 1.50. The zero-order valence-electron chi connectivity index (χ0n) is 10.4. The zero-order chi connectivity index (χ0) is 13.4. The number of hydrogen-bond donors (Lipinski definition) is 2. The van der Waals surface area contributed by atoms with E-state index in [-0.39, 0.29) is 13.2 Å². The molecule has 18 heavy (non-hydrogen) atoms. The van der Waals surface area contributed by atoms with Crippen LogP contribution in [0.25, 0.3) is 0 Å². The standard InChI is InChI=1S/C13H19FN2O2/c1-2-11(14)12(8-15)16-13(17)18-9-10-6-4-3-5-7-10/h3-7,11-12H,2,8-9,15H2,1H3,(H,16,17)/t11-,12+/m0/s1. The van der Waals surface area contributed by atoms with Crippen LogP contribution >= 0.6 is 0 Å². The molecular weight excluding hydrogens is 235 g/mol. The van der Waals surface area contributed by atoms with E-state index in [1.807, 2.05) is 30.3 Å². The number of nitrogens with one attached hydrogen (secondary N) is 1. The second kappa shape index (κ2) is 7.66. The lowest BCUT2D eigenvalue weighted by molar-refractivity contribution is 0.127. The smallest absolute Gasteiger partial charge is 0.407 e. The topological polar surface area (TPSA) is 64.3 Å². The number of carbonyl (C=O) groups excluding carboxylic acids is 1. The van der Waals surface area contributed by atoms with Crippen LogP contribution in [-0.2, 0) is 11.3 Å². The molecule has 3 N–H and O–H groups in total. The first-order valence-corrected chi connectivity index (χ1v) is 5.98. The Bertz CT molecular complexity index is 359. The maximum Gasteiger partial charge on any atom is 0.407 e. The van der Waals surface area contributed by atoms with Crippen LogP contribution in [0.4, 0.5) is 9.18 Å². The Labute approximate surface area is 106 Å². The van der Waals surface area contributed by atoms with Gasteiger partial charge in [-0.1, -0.05) is 37.3 Å². The average molecular weight is 254 g/mol. The number of carbonyl (C=O) groups is 1. The molecule has 100 valence electrons. The maximum absolute atomic E-state index is 13.4. The second-order valence-corrected chi connectivity index (χ2v) is 3.97. The van der Waals surface area contributed by atoms with Crippen LogP contribution in [0.3, 0.4) is 0 Å². The van der Waals surface area contributed by atoms with Crippen LogP contribution in [0.2, 0.25) is 0 Å². The van der Waals surface area contributed by atoms with Crippen LogP contribution < -0.4 is 11.1 Å². The summed E-state index contributed by atoms with van der Waals surface area (Å²) in [7, 11) is 0. The average Bonchev–Trinajstić information content (AvgIpc) is 2.42. The third-order valence-electron chi connectivity index (χ3n) is 2.60. The van der Waals surface area contributed by atoms with Gasteiger partial charge in [-0.15, -0.1) is 0 Å². The summed E-state index contributed by atoms with van der Waals surface area (Å²) in [5.74, 6) is 0. The first-order valence-electron chi connectivity index (χ1n) is 5.98. The predicted molar refractivity (Wildman–Crippen MR) is 67.8 cm³/mol. The molecule has 0 unspecified atom stereocenters. The Kier molecular flexibility index (Phi) is 6.14. The lowest BCUT2D eigenvalue weighted by Crippen LogP contribution is -2.46. The summed E-state index contributed by atoms with van der Waals surface area (Å²) in [6.45, 7) is 1.91. The largest absolute Gasteiger partial charge is 0.445 e. The van der Waals surface area contributed by atoms with Gasteiger partial charge in [0.15, 0.2) is 0 Å². The fourth-order valence-corrected chi connectivity index (χ4v) is 1.50. The fraction of sp³-hybridized carbons (Fsp3) is 0.462. The number of alkyl halides is 1. The van der Waals surface area contributed by atoms with Gasteiger partial charge in [0.25, 0.3) is 0 Å². The summed E-state index contributed by atoms with van der Waals surface area (Å²) in [5.41, 5.74) is 6.27. The first kappa shape index (κ1) is 14.4. The van der Waals surface area contributed by atoms with Crippen molar-refractivity contribution in [2.24, 2.45) is 5.73 Å². The van der Waals surface area contributed by atoms with Crippen LogP contribution in [0, 0.1) is 0 Å². The molecule has 1 aromatic rings. The van der Waals surface area contributed by atoms with E-state index >= 15 is 0 Å². The number of rotatable bonds is 6.